The van der Waals surface area contributed by atoms with Gasteiger partial charge in [0, 0.05) is 27.2 Å². The summed E-state index contributed by atoms with van der Waals surface area (Å²) in [5, 5.41) is 2.76. The fraction of sp³-hybridized carbons (Fsp3) is 0.417. The average Bonchev–Trinajstić information content (AvgIpc) is 2.84. The summed E-state index contributed by atoms with van der Waals surface area (Å²) in [6.45, 7) is 3.22. The molecule has 11 heteroatoms. The third-order valence-electron chi connectivity index (χ3n) is 5.34. The molecular formula is C24H33FN4O5S. The van der Waals surface area contributed by atoms with Gasteiger partial charge in [-0.25, -0.2) is 8.70 Å². The third kappa shape index (κ3) is 7.15. The largest absolute Gasteiger partial charge is 0.497 e. The molecule has 2 rings (SSSR count). The molecule has 0 aliphatic rings. The maximum atomic E-state index is 14.6. The molecule has 1 atom stereocenters. The van der Waals surface area contributed by atoms with E-state index in [1.165, 1.54) is 44.3 Å². The summed E-state index contributed by atoms with van der Waals surface area (Å²) < 4.78 is 47.6. The maximum Gasteiger partial charge on any atom is 0.304 e. The summed E-state index contributed by atoms with van der Waals surface area (Å²) in [5.41, 5.74) is 0.416. The van der Waals surface area contributed by atoms with Gasteiger partial charge in [0.1, 0.15) is 24.2 Å². The lowest BCUT2D eigenvalue weighted by Crippen LogP contribution is -2.52. The van der Waals surface area contributed by atoms with Crippen molar-refractivity contribution in [3.05, 3.63) is 59.9 Å². The lowest BCUT2D eigenvalue weighted by Gasteiger charge is -2.33. The standard InChI is InChI=1S/C24H33FN4O5S/c1-6-14-26-24(31)18(2)28(16-19-10-9-11-20(15-19)34-5)23(30)17-29(35(32,33)27(3)4)22-13-8-7-12-21(22)25/h7-13,15,18H,6,14,16-17H2,1-5H3,(H,26,31)/t18-/m0/s1. The lowest BCUT2D eigenvalue weighted by atomic mass is 10.1. The van der Waals surface area contributed by atoms with Crippen LogP contribution < -0.4 is 14.4 Å². The van der Waals surface area contributed by atoms with Gasteiger partial charge in [-0.2, -0.15) is 12.7 Å². The van der Waals surface area contributed by atoms with Gasteiger partial charge in [0.05, 0.1) is 12.8 Å². The predicted molar refractivity (Wildman–Crippen MR) is 133 cm³/mol. The molecule has 1 N–H and O–H groups in total. The normalized spacial score (nSPS) is 12.2. The molecule has 0 bridgehead atoms. The molecule has 0 saturated carbocycles. The molecular weight excluding hydrogens is 475 g/mol. The quantitative estimate of drug-likeness (QED) is 0.475. The zero-order valence-corrected chi connectivity index (χ0v) is 21.5. The minimum absolute atomic E-state index is 0.0177. The number of benzene rings is 2. The van der Waals surface area contributed by atoms with Crippen LogP contribution in [0.15, 0.2) is 48.5 Å². The number of hydrogen-bond acceptors (Lipinski definition) is 5. The molecule has 0 spiro atoms. The Labute approximate surface area is 206 Å². The van der Waals surface area contributed by atoms with Crippen molar-refractivity contribution in [3.63, 3.8) is 0 Å². The Morgan fingerprint density at radius 3 is 2.40 bits per heavy atom. The van der Waals surface area contributed by atoms with Gasteiger partial charge in [-0.1, -0.05) is 31.2 Å². The molecule has 0 aromatic heterocycles. The van der Waals surface area contributed by atoms with Crippen molar-refractivity contribution < 1.29 is 27.1 Å². The zero-order chi connectivity index (χ0) is 26.2. The first-order valence-electron chi connectivity index (χ1n) is 11.2. The van der Waals surface area contributed by atoms with Crippen molar-refractivity contribution in [3.8, 4) is 5.75 Å². The molecule has 0 radical (unpaired) electrons. The Morgan fingerprint density at radius 2 is 1.80 bits per heavy atom. The number of para-hydroxylation sites is 1. The number of nitrogens with one attached hydrogen (secondary N) is 1. The minimum atomic E-state index is -4.23. The average molecular weight is 509 g/mol. The zero-order valence-electron chi connectivity index (χ0n) is 20.7. The highest BCUT2D eigenvalue weighted by Gasteiger charge is 2.33. The number of anilines is 1. The predicted octanol–water partition coefficient (Wildman–Crippen LogP) is 2.39. The molecule has 0 heterocycles. The lowest BCUT2D eigenvalue weighted by molar-refractivity contribution is -0.139. The first kappa shape index (κ1) is 28.1. The Balaban J connectivity index is 2.47. The van der Waals surface area contributed by atoms with E-state index in [0.29, 0.717) is 28.6 Å². The second-order valence-electron chi connectivity index (χ2n) is 8.09. The Morgan fingerprint density at radius 1 is 1.11 bits per heavy atom. The molecule has 0 saturated heterocycles. The fourth-order valence-electron chi connectivity index (χ4n) is 3.30. The molecule has 2 aromatic rings. The summed E-state index contributed by atoms with van der Waals surface area (Å²) >= 11 is 0. The van der Waals surface area contributed by atoms with Gasteiger partial charge in [-0.3, -0.25) is 9.59 Å². The van der Waals surface area contributed by atoms with E-state index in [1.807, 2.05) is 6.92 Å². The molecule has 0 fully saturated rings. The van der Waals surface area contributed by atoms with E-state index in [2.05, 4.69) is 5.32 Å². The molecule has 2 aromatic carbocycles. The molecule has 0 unspecified atom stereocenters. The van der Waals surface area contributed by atoms with Gasteiger partial charge < -0.3 is 15.0 Å². The van der Waals surface area contributed by atoms with Crippen molar-refractivity contribution in [2.45, 2.75) is 32.9 Å². The van der Waals surface area contributed by atoms with Crippen LogP contribution in [0.2, 0.25) is 0 Å². The Hall–Kier alpha value is -3.18. The molecule has 9 nitrogen and oxygen atoms in total. The van der Waals surface area contributed by atoms with Gasteiger partial charge in [-0.05, 0) is 43.2 Å². The van der Waals surface area contributed by atoms with E-state index in [0.717, 1.165) is 10.4 Å². The van der Waals surface area contributed by atoms with E-state index < -0.39 is 34.5 Å². The molecule has 2 amide bonds. The van der Waals surface area contributed by atoms with E-state index in [-0.39, 0.29) is 18.1 Å². The summed E-state index contributed by atoms with van der Waals surface area (Å²) in [6.07, 6.45) is 0.713. The number of carbonyl (C=O) groups is 2. The second-order valence-corrected chi connectivity index (χ2v) is 10.2. The number of halogens is 1. The van der Waals surface area contributed by atoms with Gasteiger partial charge in [-0.15, -0.1) is 0 Å². The number of hydrogen-bond donors (Lipinski definition) is 1. The first-order chi connectivity index (χ1) is 16.5. The smallest absolute Gasteiger partial charge is 0.304 e. The van der Waals surface area contributed by atoms with Crippen LogP contribution in [0.25, 0.3) is 0 Å². The number of amides is 2. The Bertz CT molecular complexity index is 1130. The van der Waals surface area contributed by atoms with Crippen molar-refractivity contribution in [2.24, 2.45) is 0 Å². The molecule has 0 aliphatic carbocycles. The highest BCUT2D eigenvalue weighted by molar-refractivity contribution is 7.90. The van der Waals surface area contributed by atoms with Crippen molar-refractivity contribution in [1.29, 1.82) is 0 Å². The maximum absolute atomic E-state index is 14.6. The van der Waals surface area contributed by atoms with E-state index in [1.54, 1.807) is 31.2 Å². The van der Waals surface area contributed by atoms with Gasteiger partial charge in [0.15, 0.2) is 0 Å². The number of rotatable bonds is 12. The van der Waals surface area contributed by atoms with Crippen molar-refractivity contribution in [2.75, 3.05) is 38.6 Å². The first-order valence-corrected chi connectivity index (χ1v) is 12.6. The summed E-state index contributed by atoms with van der Waals surface area (Å²) in [6, 6.07) is 11.4. The van der Waals surface area contributed by atoms with Crippen molar-refractivity contribution in [1.82, 2.24) is 14.5 Å². The SMILES string of the molecule is CCCNC(=O)[C@H](C)N(Cc1cccc(OC)c1)C(=O)CN(c1ccccc1F)S(=O)(=O)N(C)C. The van der Waals surface area contributed by atoms with Crippen LogP contribution in [0.1, 0.15) is 25.8 Å². The van der Waals surface area contributed by atoms with Crippen LogP contribution in [0, 0.1) is 5.82 Å². The van der Waals surface area contributed by atoms with Crippen LogP contribution in [0.3, 0.4) is 0 Å². The fourth-order valence-corrected chi connectivity index (χ4v) is 4.37. The number of carbonyl (C=O) groups excluding carboxylic acids is 2. The van der Waals surface area contributed by atoms with E-state index in [4.69, 9.17) is 4.74 Å². The summed E-state index contributed by atoms with van der Waals surface area (Å²) in [4.78, 5) is 27.6. The highest BCUT2D eigenvalue weighted by atomic mass is 32.2. The number of methoxy groups -OCH3 is 1. The van der Waals surface area contributed by atoms with Crippen molar-refractivity contribution >= 4 is 27.7 Å². The molecule has 192 valence electrons. The van der Waals surface area contributed by atoms with Crippen LogP contribution in [-0.4, -0.2) is 69.8 Å². The van der Waals surface area contributed by atoms with E-state index >= 15 is 0 Å². The monoisotopic (exact) mass is 508 g/mol. The van der Waals surface area contributed by atoms with Gasteiger partial charge >= 0.3 is 10.2 Å². The van der Waals surface area contributed by atoms with Crippen LogP contribution in [0.4, 0.5) is 10.1 Å². The summed E-state index contributed by atoms with van der Waals surface area (Å²) in [7, 11) is -0.125. The number of nitrogens with zero attached hydrogens (tertiary/aromatic N) is 3. The molecule has 0 aliphatic heterocycles. The third-order valence-corrected chi connectivity index (χ3v) is 7.15. The minimum Gasteiger partial charge on any atom is -0.497 e. The van der Waals surface area contributed by atoms with Crippen LogP contribution in [-0.2, 0) is 26.3 Å². The van der Waals surface area contributed by atoms with Crippen LogP contribution in [0.5, 0.6) is 5.75 Å². The van der Waals surface area contributed by atoms with Crippen LogP contribution >= 0.6 is 0 Å². The topological polar surface area (TPSA) is 99.3 Å². The van der Waals surface area contributed by atoms with E-state index in [9.17, 15) is 22.4 Å². The second kappa shape index (κ2) is 12.5. The Kier molecular flexibility index (Phi) is 10.0. The molecule has 35 heavy (non-hydrogen) atoms. The summed E-state index contributed by atoms with van der Waals surface area (Å²) in [5.74, 6) is -1.27. The number of ether oxygens (including phenoxy) is 1. The highest BCUT2D eigenvalue weighted by Crippen LogP contribution is 2.24. The van der Waals surface area contributed by atoms with Gasteiger partial charge in [0.25, 0.3) is 0 Å². The van der Waals surface area contributed by atoms with Gasteiger partial charge in [0.2, 0.25) is 11.8 Å².